The Labute approximate surface area is 76.0 Å². The van der Waals surface area contributed by atoms with Crippen molar-refractivity contribution in [3.8, 4) is 0 Å². The smallest absolute Gasteiger partial charge is 0.251 e. The Bertz CT molecular complexity index is 368. The zero-order valence-corrected chi connectivity index (χ0v) is 7.68. The first kappa shape index (κ1) is 9.51. The summed E-state index contributed by atoms with van der Waals surface area (Å²) in [6.07, 6.45) is 0.708. The van der Waals surface area contributed by atoms with Crippen LogP contribution in [0.1, 0.15) is 23.0 Å². The van der Waals surface area contributed by atoms with Crippen LogP contribution in [0.5, 0.6) is 0 Å². The number of rotatable bonds is 2. The fraction of sp³-hybridized carbons (Fsp3) is 0.333. The first-order valence-electron chi connectivity index (χ1n) is 4.12. The number of hydrogen-bond donors (Lipinski definition) is 2. The molecule has 70 valence electrons. The zero-order valence-electron chi connectivity index (χ0n) is 7.68. The van der Waals surface area contributed by atoms with Crippen molar-refractivity contribution in [2.24, 2.45) is 0 Å². The van der Waals surface area contributed by atoms with Gasteiger partial charge in [0.2, 0.25) is 5.56 Å². The summed E-state index contributed by atoms with van der Waals surface area (Å²) in [5, 5.41) is 2.47. The van der Waals surface area contributed by atoms with E-state index >= 15 is 0 Å². The fourth-order valence-corrected chi connectivity index (χ4v) is 1.07. The molecule has 13 heavy (non-hydrogen) atoms. The SMILES string of the molecule is CCc1cc(C(=O)NC)cc(=O)[nH]1. The van der Waals surface area contributed by atoms with Crippen LogP contribution >= 0.6 is 0 Å². The van der Waals surface area contributed by atoms with Gasteiger partial charge in [-0.05, 0) is 12.5 Å². The summed E-state index contributed by atoms with van der Waals surface area (Å²) in [4.78, 5) is 24.9. The number of aryl methyl sites for hydroxylation is 1. The van der Waals surface area contributed by atoms with Crippen LogP contribution in [-0.2, 0) is 6.42 Å². The molecule has 1 aromatic rings. The lowest BCUT2D eigenvalue weighted by atomic mass is 10.2. The molecule has 0 atom stereocenters. The van der Waals surface area contributed by atoms with Gasteiger partial charge in [-0.15, -0.1) is 0 Å². The highest BCUT2D eigenvalue weighted by Gasteiger charge is 2.04. The van der Waals surface area contributed by atoms with Crippen LogP contribution in [0.3, 0.4) is 0 Å². The maximum absolute atomic E-state index is 11.2. The lowest BCUT2D eigenvalue weighted by Gasteiger charge is -2.01. The van der Waals surface area contributed by atoms with Crippen molar-refractivity contribution in [3.63, 3.8) is 0 Å². The average Bonchev–Trinajstić information content (AvgIpc) is 2.15. The van der Waals surface area contributed by atoms with Crippen LogP contribution in [0.2, 0.25) is 0 Å². The number of aromatic nitrogens is 1. The minimum atomic E-state index is -0.238. The molecule has 0 aliphatic carbocycles. The Morgan fingerprint density at radius 1 is 1.54 bits per heavy atom. The minimum Gasteiger partial charge on any atom is -0.355 e. The number of H-pyrrole nitrogens is 1. The van der Waals surface area contributed by atoms with Crippen LogP contribution in [0.15, 0.2) is 16.9 Å². The normalized spacial score (nSPS) is 9.69. The minimum absolute atomic E-state index is 0.235. The van der Waals surface area contributed by atoms with Crippen molar-refractivity contribution in [2.45, 2.75) is 13.3 Å². The van der Waals surface area contributed by atoms with Crippen molar-refractivity contribution >= 4 is 5.91 Å². The van der Waals surface area contributed by atoms with Gasteiger partial charge in [0, 0.05) is 24.4 Å². The summed E-state index contributed by atoms with van der Waals surface area (Å²) in [6, 6.07) is 2.97. The molecule has 0 aromatic carbocycles. The predicted octanol–water partition coefficient (Wildman–Crippen LogP) is 0.297. The third-order valence-electron chi connectivity index (χ3n) is 1.77. The molecule has 0 unspecified atom stereocenters. The first-order valence-corrected chi connectivity index (χ1v) is 4.12. The van der Waals surface area contributed by atoms with E-state index in [0.29, 0.717) is 12.0 Å². The molecule has 0 aliphatic heterocycles. The van der Waals surface area contributed by atoms with Gasteiger partial charge >= 0.3 is 0 Å². The topological polar surface area (TPSA) is 62.0 Å². The highest BCUT2D eigenvalue weighted by molar-refractivity contribution is 5.93. The van der Waals surface area contributed by atoms with Crippen molar-refractivity contribution in [1.82, 2.24) is 10.3 Å². The molecule has 1 amide bonds. The second kappa shape index (κ2) is 3.89. The van der Waals surface area contributed by atoms with Gasteiger partial charge in [-0.25, -0.2) is 0 Å². The third kappa shape index (κ3) is 2.18. The average molecular weight is 180 g/mol. The molecule has 0 saturated carbocycles. The van der Waals surface area contributed by atoms with Gasteiger partial charge in [-0.1, -0.05) is 6.92 Å². The first-order chi connectivity index (χ1) is 6.17. The molecule has 1 aromatic heterocycles. The van der Waals surface area contributed by atoms with Crippen molar-refractivity contribution in [1.29, 1.82) is 0 Å². The van der Waals surface area contributed by atoms with Crippen LogP contribution in [0.25, 0.3) is 0 Å². The molecule has 0 saturated heterocycles. The molecule has 0 bridgehead atoms. The molecule has 0 fully saturated rings. The summed E-state index contributed by atoms with van der Waals surface area (Å²) in [5.41, 5.74) is 0.937. The number of amides is 1. The Hall–Kier alpha value is -1.58. The number of carbonyl (C=O) groups excluding carboxylic acids is 1. The fourth-order valence-electron chi connectivity index (χ4n) is 1.07. The highest BCUT2D eigenvalue weighted by Crippen LogP contribution is 1.98. The van der Waals surface area contributed by atoms with Crippen LogP contribution in [-0.4, -0.2) is 17.9 Å². The number of nitrogens with one attached hydrogen (secondary N) is 2. The number of aromatic amines is 1. The van der Waals surface area contributed by atoms with Gasteiger partial charge in [0.05, 0.1) is 0 Å². The van der Waals surface area contributed by atoms with E-state index in [1.165, 1.54) is 13.1 Å². The van der Waals surface area contributed by atoms with E-state index in [1.807, 2.05) is 6.92 Å². The number of hydrogen-bond acceptors (Lipinski definition) is 2. The van der Waals surface area contributed by atoms with E-state index in [-0.39, 0.29) is 11.5 Å². The molecule has 0 spiro atoms. The van der Waals surface area contributed by atoms with Crippen LogP contribution in [0.4, 0.5) is 0 Å². The second-order valence-electron chi connectivity index (χ2n) is 2.69. The Morgan fingerprint density at radius 2 is 2.23 bits per heavy atom. The van der Waals surface area contributed by atoms with Crippen molar-refractivity contribution in [3.05, 3.63) is 33.7 Å². The van der Waals surface area contributed by atoms with Gasteiger partial charge in [0.25, 0.3) is 5.91 Å². The van der Waals surface area contributed by atoms with Crippen LogP contribution in [0, 0.1) is 0 Å². The van der Waals surface area contributed by atoms with E-state index in [2.05, 4.69) is 10.3 Å². The van der Waals surface area contributed by atoms with E-state index in [1.54, 1.807) is 6.07 Å². The standard InChI is InChI=1S/C9H12N2O2/c1-3-7-4-6(9(13)10-2)5-8(12)11-7/h4-5H,3H2,1-2H3,(H,10,13)(H,11,12). The molecule has 0 aliphatic rings. The maximum Gasteiger partial charge on any atom is 0.251 e. The van der Waals surface area contributed by atoms with Gasteiger partial charge in [0.1, 0.15) is 0 Å². The summed E-state index contributed by atoms with van der Waals surface area (Å²) in [6.45, 7) is 1.92. The molecule has 1 rings (SSSR count). The van der Waals surface area contributed by atoms with Crippen molar-refractivity contribution in [2.75, 3.05) is 7.05 Å². The molecule has 0 radical (unpaired) electrons. The Morgan fingerprint density at radius 3 is 2.77 bits per heavy atom. The molecular weight excluding hydrogens is 168 g/mol. The van der Waals surface area contributed by atoms with E-state index in [0.717, 1.165) is 5.69 Å². The van der Waals surface area contributed by atoms with Gasteiger partial charge < -0.3 is 10.3 Å². The van der Waals surface area contributed by atoms with Crippen molar-refractivity contribution < 1.29 is 4.79 Å². The van der Waals surface area contributed by atoms with Gasteiger partial charge in [-0.2, -0.15) is 0 Å². The Kier molecular flexibility index (Phi) is 2.84. The predicted molar refractivity (Wildman–Crippen MR) is 49.8 cm³/mol. The highest BCUT2D eigenvalue weighted by atomic mass is 16.1. The van der Waals surface area contributed by atoms with Gasteiger partial charge in [0.15, 0.2) is 0 Å². The Balaban J connectivity index is 3.16. The number of pyridine rings is 1. The van der Waals surface area contributed by atoms with Gasteiger partial charge in [-0.3, -0.25) is 9.59 Å². The quantitative estimate of drug-likeness (QED) is 0.687. The molecule has 2 N–H and O–H groups in total. The molecule has 4 heteroatoms. The summed E-state index contributed by atoms with van der Waals surface area (Å²) in [5.74, 6) is -0.235. The summed E-state index contributed by atoms with van der Waals surface area (Å²) < 4.78 is 0. The third-order valence-corrected chi connectivity index (χ3v) is 1.77. The van der Waals surface area contributed by atoms with E-state index in [9.17, 15) is 9.59 Å². The second-order valence-corrected chi connectivity index (χ2v) is 2.69. The monoisotopic (exact) mass is 180 g/mol. The zero-order chi connectivity index (χ0) is 9.84. The molecule has 4 nitrogen and oxygen atoms in total. The maximum atomic E-state index is 11.2. The number of carbonyl (C=O) groups is 1. The summed E-state index contributed by atoms with van der Waals surface area (Å²) >= 11 is 0. The summed E-state index contributed by atoms with van der Waals surface area (Å²) in [7, 11) is 1.54. The molecule has 1 heterocycles. The van der Waals surface area contributed by atoms with E-state index in [4.69, 9.17) is 0 Å². The van der Waals surface area contributed by atoms with Crippen LogP contribution < -0.4 is 10.9 Å². The lowest BCUT2D eigenvalue weighted by Crippen LogP contribution is -2.21. The molecular formula is C9H12N2O2. The van der Waals surface area contributed by atoms with E-state index < -0.39 is 0 Å². The lowest BCUT2D eigenvalue weighted by molar-refractivity contribution is 0.0962. The largest absolute Gasteiger partial charge is 0.355 e.